The fourth-order valence-corrected chi connectivity index (χ4v) is 4.16. The molecular weight excluding hydrogens is 352 g/mol. The van der Waals surface area contributed by atoms with Crippen molar-refractivity contribution in [3.63, 3.8) is 0 Å². The van der Waals surface area contributed by atoms with Gasteiger partial charge in [-0.05, 0) is 44.5 Å². The third-order valence-electron chi connectivity index (χ3n) is 4.36. The zero-order valence-corrected chi connectivity index (χ0v) is 16.5. The van der Waals surface area contributed by atoms with Gasteiger partial charge in [0.25, 0.3) is 5.91 Å². The number of aromatic nitrogens is 2. The van der Waals surface area contributed by atoms with Crippen LogP contribution in [-0.4, -0.2) is 42.1 Å². The minimum Gasteiger partial charge on any atom is -0.339 e. The minimum atomic E-state index is -3.77. The summed E-state index contributed by atoms with van der Waals surface area (Å²) in [6, 6.07) is 7.55. The highest BCUT2D eigenvalue weighted by atomic mass is 32.2. The van der Waals surface area contributed by atoms with E-state index >= 15 is 0 Å². The smallest absolute Gasteiger partial charge is 0.253 e. The summed E-state index contributed by atoms with van der Waals surface area (Å²) in [4.78, 5) is 14.2. The molecule has 1 N–H and O–H groups in total. The maximum atomic E-state index is 12.8. The number of sulfonamides is 1. The van der Waals surface area contributed by atoms with Crippen molar-refractivity contribution in [2.45, 2.75) is 38.1 Å². The summed E-state index contributed by atoms with van der Waals surface area (Å²) in [5, 5.41) is 4.10. The highest BCUT2D eigenvalue weighted by molar-refractivity contribution is 7.89. The van der Waals surface area contributed by atoms with Crippen LogP contribution in [0.5, 0.6) is 0 Å². The van der Waals surface area contributed by atoms with E-state index in [0.29, 0.717) is 25.1 Å². The molecule has 0 spiro atoms. The Morgan fingerprint density at radius 2 is 1.92 bits per heavy atom. The molecule has 1 aromatic heterocycles. The Morgan fingerprint density at radius 1 is 1.23 bits per heavy atom. The second-order valence-electron chi connectivity index (χ2n) is 5.97. The molecule has 0 fully saturated rings. The van der Waals surface area contributed by atoms with E-state index in [1.165, 1.54) is 12.1 Å². The number of nitrogens with one attached hydrogen (secondary N) is 1. The van der Waals surface area contributed by atoms with Crippen molar-refractivity contribution in [2.75, 3.05) is 13.1 Å². The molecule has 2 rings (SSSR count). The van der Waals surface area contributed by atoms with Crippen LogP contribution in [0, 0.1) is 0 Å². The van der Waals surface area contributed by atoms with E-state index in [2.05, 4.69) is 9.82 Å². The van der Waals surface area contributed by atoms with Gasteiger partial charge in [0.15, 0.2) is 0 Å². The van der Waals surface area contributed by atoms with E-state index in [4.69, 9.17) is 0 Å². The summed E-state index contributed by atoms with van der Waals surface area (Å²) >= 11 is 0. The van der Waals surface area contributed by atoms with Gasteiger partial charge >= 0.3 is 0 Å². The topological polar surface area (TPSA) is 84.3 Å². The number of aryl methyl sites for hydroxylation is 1. The van der Waals surface area contributed by atoms with Crippen molar-refractivity contribution in [2.24, 2.45) is 7.05 Å². The SMILES string of the molecule is CC[C@H](NS(=O)(=O)c1cccc(C(=O)N(CC)CC)c1)c1ccnn1C. The minimum absolute atomic E-state index is 0.0797. The number of amides is 1. The third-order valence-corrected chi connectivity index (χ3v) is 5.83. The van der Waals surface area contributed by atoms with Crippen LogP contribution in [0.2, 0.25) is 0 Å². The van der Waals surface area contributed by atoms with E-state index in [9.17, 15) is 13.2 Å². The van der Waals surface area contributed by atoms with E-state index in [0.717, 1.165) is 5.69 Å². The van der Waals surface area contributed by atoms with Gasteiger partial charge in [0.05, 0.1) is 16.6 Å². The lowest BCUT2D eigenvalue weighted by Gasteiger charge is -2.20. The van der Waals surface area contributed by atoms with Crippen molar-refractivity contribution in [3.05, 3.63) is 47.8 Å². The lowest BCUT2D eigenvalue weighted by molar-refractivity contribution is 0.0772. The van der Waals surface area contributed by atoms with Gasteiger partial charge < -0.3 is 4.90 Å². The van der Waals surface area contributed by atoms with Crippen LogP contribution < -0.4 is 4.72 Å². The summed E-state index contributed by atoms with van der Waals surface area (Å²) in [6.07, 6.45) is 2.21. The van der Waals surface area contributed by atoms with Gasteiger partial charge in [-0.1, -0.05) is 13.0 Å². The Kier molecular flexibility index (Phi) is 6.55. The Hall–Kier alpha value is -2.19. The van der Waals surface area contributed by atoms with Crippen LogP contribution in [-0.2, 0) is 17.1 Å². The molecule has 0 unspecified atom stereocenters. The van der Waals surface area contributed by atoms with Gasteiger partial charge in [-0.15, -0.1) is 0 Å². The molecule has 0 aliphatic heterocycles. The average molecular weight is 378 g/mol. The molecule has 0 bridgehead atoms. The fourth-order valence-electron chi connectivity index (χ4n) is 2.82. The van der Waals surface area contributed by atoms with Crippen molar-refractivity contribution in [1.82, 2.24) is 19.4 Å². The number of carbonyl (C=O) groups excluding carboxylic acids is 1. The van der Waals surface area contributed by atoms with Crippen LogP contribution in [0.3, 0.4) is 0 Å². The zero-order chi connectivity index (χ0) is 19.3. The zero-order valence-electron chi connectivity index (χ0n) is 15.6. The molecule has 1 amide bonds. The molecule has 8 heteroatoms. The molecule has 0 aliphatic rings. The number of hydrogen-bond acceptors (Lipinski definition) is 4. The normalized spacial score (nSPS) is 12.8. The molecule has 1 atom stereocenters. The maximum absolute atomic E-state index is 12.8. The highest BCUT2D eigenvalue weighted by Crippen LogP contribution is 2.20. The molecular formula is C18H26N4O3S. The Bertz CT molecular complexity index is 857. The predicted octanol–water partition coefficient (Wildman–Crippen LogP) is 2.33. The van der Waals surface area contributed by atoms with Gasteiger partial charge in [0, 0.05) is 31.9 Å². The van der Waals surface area contributed by atoms with Gasteiger partial charge in [-0.3, -0.25) is 9.48 Å². The van der Waals surface area contributed by atoms with Crippen LogP contribution >= 0.6 is 0 Å². The van der Waals surface area contributed by atoms with Crippen LogP contribution in [0.4, 0.5) is 0 Å². The van der Waals surface area contributed by atoms with Crippen LogP contribution in [0.15, 0.2) is 41.4 Å². The van der Waals surface area contributed by atoms with E-state index in [-0.39, 0.29) is 10.8 Å². The van der Waals surface area contributed by atoms with Gasteiger partial charge in [-0.2, -0.15) is 5.10 Å². The monoisotopic (exact) mass is 378 g/mol. The van der Waals surface area contributed by atoms with E-state index < -0.39 is 16.1 Å². The first kappa shape index (κ1) is 20.1. The Morgan fingerprint density at radius 3 is 2.46 bits per heavy atom. The maximum Gasteiger partial charge on any atom is 0.253 e. The quantitative estimate of drug-likeness (QED) is 0.764. The third kappa shape index (κ3) is 4.31. The molecule has 1 heterocycles. The van der Waals surface area contributed by atoms with E-state index in [1.54, 1.807) is 41.0 Å². The molecule has 142 valence electrons. The molecule has 0 radical (unpaired) electrons. The summed E-state index contributed by atoms with van der Waals surface area (Å²) < 4.78 is 30.0. The largest absolute Gasteiger partial charge is 0.339 e. The molecule has 1 aromatic carbocycles. The molecule has 0 saturated carbocycles. The number of benzene rings is 1. The molecule has 0 saturated heterocycles. The van der Waals surface area contributed by atoms with Gasteiger partial charge in [-0.25, -0.2) is 13.1 Å². The lowest BCUT2D eigenvalue weighted by Crippen LogP contribution is -2.31. The summed E-state index contributed by atoms with van der Waals surface area (Å²) in [6.45, 7) is 6.83. The first-order valence-corrected chi connectivity index (χ1v) is 10.2. The summed E-state index contributed by atoms with van der Waals surface area (Å²) in [7, 11) is -2.00. The standard InChI is InChI=1S/C18H26N4O3S/c1-5-16(17-11-12-19-21(17)4)20-26(24,25)15-10-8-9-14(13-15)18(23)22(6-2)7-3/h8-13,16,20H,5-7H2,1-4H3/t16-/m0/s1. The fraction of sp³-hybridized carbons (Fsp3) is 0.444. The second kappa shape index (κ2) is 8.46. The molecule has 0 aliphatic carbocycles. The van der Waals surface area contributed by atoms with Crippen LogP contribution in [0.25, 0.3) is 0 Å². The molecule has 7 nitrogen and oxygen atoms in total. The first-order valence-electron chi connectivity index (χ1n) is 8.73. The molecule has 2 aromatic rings. The first-order chi connectivity index (χ1) is 12.3. The lowest BCUT2D eigenvalue weighted by atomic mass is 10.2. The van der Waals surface area contributed by atoms with Crippen molar-refractivity contribution >= 4 is 15.9 Å². The van der Waals surface area contributed by atoms with Crippen molar-refractivity contribution in [1.29, 1.82) is 0 Å². The van der Waals surface area contributed by atoms with E-state index in [1.807, 2.05) is 20.8 Å². The summed E-state index contributed by atoms with van der Waals surface area (Å²) in [5.41, 5.74) is 1.15. The number of rotatable bonds is 8. The second-order valence-corrected chi connectivity index (χ2v) is 7.68. The highest BCUT2D eigenvalue weighted by Gasteiger charge is 2.23. The number of hydrogen-bond donors (Lipinski definition) is 1. The summed E-state index contributed by atoms with van der Waals surface area (Å²) in [5.74, 6) is -0.175. The van der Waals surface area contributed by atoms with Gasteiger partial charge in [0.1, 0.15) is 0 Å². The van der Waals surface area contributed by atoms with Crippen LogP contribution in [0.1, 0.15) is 49.3 Å². The molecule has 26 heavy (non-hydrogen) atoms. The van der Waals surface area contributed by atoms with Gasteiger partial charge in [0.2, 0.25) is 10.0 Å². The Labute approximate surface area is 155 Å². The van der Waals surface area contributed by atoms with Crippen molar-refractivity contribution < 1.29 is 13.2 Å². The Balaban J connectivity index is 2.30. The van der Waals surface area contributed by atoms with Crippen molar-refractivity contribution in [3.8, 4) is 0 Å². The predicted molar refractivity (Wildman–Crippen MR) is 100 cm³/mol. The number of nitrogens with zero attached hydrogens (tertiary/aromatic N) is 3. The average Bonchev–Trinajstić information content (AvgIpc) is 3.06. The number of carbonyl (C=O) groups is 1.